The van der Waals surface area contributed by atoms with Gasteiger partial charge in [-0.2, -0.15) is 0 Å². The topological polar surface area (TPSA) is 56.7 Å². The first-order valence-corrected chi connectivity index (χ1v) is 5.92. The lowest BCUT2D eigenvalue weighted by atomic mass is 9.93. The number of nitrogens with zero attached hydrogens (tertiary/aromatic N) is 1. The lowest BCUT2D eigenvalue weighted by molar-refractivity contribution is 0.120. The molecule has 0 spiro atoms. The molecular formula is C12H21N3O. The van der Waals surface area contributed by atoms with Crippen molar-refractivity contribution in [1.29, 1.82) is 0 Å². The fraction of sp³-hybridized carbons (Fsp3) is 0.750. The molecule has 0 aromatic heterocycles. The van der Waals surface area contributed by atoms with Gasteiger partial charge in [-0.05, 0) is 32.6 Å². The van der Waals surface area contributed by atoms with E-state index in [1.165, 1.54) is 0 Å². The number of guanidine groups is 1. The van der Waals surface area contributed by atoms with E-state index >= 15 is 0 Å². The summed E-state index contributed by atoms with van der Waals surface area (Å²) in [6.07, 6.45) is 8.77. The van der Waals surface area contributed by atoms with E-state index in [-0.39, 0.29) is 6.10 Å². The van der Waals surface area contributed by atoms with Crippen LogP contribution in [-0.2, 0) is 0 Å². The molecule has 0 bridgehead atoms. The first-order valence-electron chi connectivity index (χ1n) is 5.92. The summed E-state index contributed by atoms with van der Waals surface area (Å²) in [4.78, 5) is 4.24. The summed E-state index contributed by atoms with van der Waals surface area (Å²) in [7, 11) is 0. The Morgan fingerprint density at radius 2 is 2.12 bits per heavy atom. The van der Waals surface area contributed by atoms with E-state index in [0.29, 0.717) is 12.6 Å². The van der Waals surface area contributed by atoms with Crippen molar-refractivity contribution < 1.29 is 5.11 Å². The second-order valence-electron chi connectivity index (χ2n) is 4.05. The molecule has 1 fully saturated rings. The minimum atomic E-state index is -0.122. The van der Waals surface area contributed by atoms with Gasteiger partial charge in [-0.15, -0.1) is 6.42 Å². The largest absolute Gasteiger partial charge is 0.393 e. The maximum Gasteiger partial charge on any atom is 0.192 e. The lowest BCUT2D eigenvalue weighted by Crippen LogP contribution is -2.45. The van der Waals surface area contributed by atoms with Crippen LogP contribution in [0.5, 0.6) is 0 Å². The Labute approximate surface area is 97.5 Å². The van der Waals surface area contributed by atoms with Crippen molar-refractivity contribution in [2.24, 2.45) is 4.99 Å². The third kappa shape index (κ3) is 4.54. The first-order chi connectivity index (χ1) is 7.76. The number of aliphatic hydroxyl groups is 1. The Bertz CT molecular complexity index is 262. The number of rotatable bonds is 3. The summed E-state index contributed by atoms with van der Waals surface area (Å²) >= 11 is 0. The van der Waals surface area contributed by atoms with E-state index in [9.17, 15) is 5.11 Å². The smallest absolute Gasteiger partial charge is 0.192 e. The van der Waals surface area contributed by atoms with Crippen LogP contribution in [0.25, 0.3) is 0 Å². The molecule has 1 aliphatic carbocycles. The van der Waals surface area contributed by atoms with Gasteiger partial charge in [0.05, 0.1) is 6.10 Å². The van der Waals surface area contributed by atoms with Crippen LogP contribution in [-0.4, -0.2) is 36.3 Å². The number of terminal acetylenes is 1. The summed E-state index contributed by atoms with van der Waals surface area (Å²) in [5.41, 5.74) is 0. The molecule has 0 amide bonds. The average molecular weight is 223 g/mol. The van der Waals surface area contributed by atoms with Gasteiger partial charge in [0.15, 0.2) is 5.96 Å². The second kappa shape index (κ2) is 7.13. The number of hydrogen-bond donors (Lipinski definition) is 3. The van der Waals surface area contributed by atoms with Crippen molar-refractivity contribution in [3.8, 4) is 12.3 Å². The fourth-order valence-electron chi connectivity index (χ4n) is 1.86. The molecule has 0 aliphatic heterocycles. The molecular weight excluding hydrogens is 202 g/mol. The van der Waals surface area contributed by atoms with Gasteiger partial charge in [-0.3, -0.25) is 0 Å². The highest BCUT2D eigenvalue weighted by Gasteiger charge is 2.19. The lowest BCUT2D eigenvalue weighted by Gasteiger charge is -2.27. The Hall–Kier alpha value is -1.21. The highest BCUT2D eigenvalue weighted by molar-refractivity contribution is 5.80. The monoisotopic (exact) mass is 223 g/mol. The van der Waals surface area contributed by atoms with E-state index < -0.39 is 0 Å². The van der Waals surface area contributed by atoms with Crippen LogP contribution in [0.4, 0.5) is 0 Å². The van der Waals surface area contributed by atoms with Crippen molar-refractivity contribution in [3.05, 3.63) is 0 Å². The molecule has 0 saturated heterocycles. The number of aliphatic hydroxyl groups excluding tert-OH is 1. The van der Waals surface area contributed by atoms with Crippen LogP contribution in [0.15, 0.2) is 4.99 Å². The van der Waals surface area contributed by atoms with Crippen molar-refractivity contribution in [3.63, 3.8) is 0 Å². The van der Waals surface area contributed by atoms with Gasteiger partial charge in [-0.1, -0.05) is 5.92 Å². The summed E-state index contributed by atoms with van der Waals surface area (Å²) < 4.78 is 0. The molecule has 1 aliphatic rings. The van der Waals surface area contributed by atoms with E-state index in [0.717, 1.165) is 38.2 Å². The van der Waals surface area contributed by atoms with Gasteiger partial charge in [0, 0.05) is 12.6 Å². The van der Waals surface area contributed by atoms with E-state index in [2.05, 4.69) is 21.5 Å². The van der Waals surface area contributed by atoms with Crippen molar-refractivity contribution >= 4 is 5.96 Å². The van der Waals surface area contributed by atoms with Crippen LogP contribution >= 0.6 is 0 Å². The number of hydrogen-bond acceptors (Lipinski definition) is 2. The van der Waals surface area contributed by atoms with Crippen molar-refractivity contribution in [1.82, 2.24) is 10.6 Å². The zero-order chi connectivity index (χ0) is 11.8. The third-order valence-corrected chi connectivity index (χ3v) is 2.71. The molecule has 4 heteroatoms. The summed E-state index contributed by atoms with van der Waals surface area (Å²) in [5.74, 6) is 3.27. The molecule has 0 radical (unpaired) electrons. The van der Waals surface area contributed by atoms with Crippen LogP contribution in [0, 0.1) is 12.3 Å². The van der Waals surface area contributed by atoms with Gasteiger partial charge in [0.1, 0.15) is 6.54 Å². The predicted molar refractivity (Wildman–Crippen MR) is 66.2 cm³/mol. The Morgan fingerprint density at radius 3 is 2.69 bits per heavy atom. The zero-order valence-corrected chi connectivity index (χ0v) is 9.87. The highest BCUT2D eigenvalue weighted by atomic mass is 16.3. The van der Waals surface area contributed by atoms with Crippen molar-refractivity contribution in [2.45, 2.75) is 44.8 Å². The van der Waals surface area contributed by atoms with Crippen LogP contribution < -0.4 is 10.6 Å². The maximum absolute atomic E-state index is 9.41. The van der Waals surface area contributed by atoms with E-state index in [4.69, 9.17) is 6.42 Å². The summed E-state index contributed by atoms with van der Waals surface area (Å²) in [6.45, 7) is 3.24. The molecule has 3 N–H and O–H groups in total. The fourth-order valence-corrected chi connectivity index (χ4v) is 1.86. The van der Waals surface area contributed by atoms with E-state index in [1.54, 1.807) is 0 Å². The van der Waals surface area contributed by atoms with Gasteiger partial charge in [-0.25, -0.2) is 4.99 Å². The molecule has 0 aromatic carbocycles. The van der Waals surface area contributed by atoms with Gasteiger partial charge in [0.2, 0.25) is 0 Å². The number of nitrogens with one attached hydrogen (secondary N) is 2. The summed E-state index contributed by atoms with van der Waals surface area (Å²) in [5, 5.41) is 15.9. The Balaban J connectivity index is 2.39. The molecule has 1 saturated carbocycles. The molecule has 0 atom stereocenters. The zero-order valence-electron chi connectivity index (χ0n) is 9.87. The van der Waals surface area contributed by atoms with Gasteiger partial charge < -0.3 is 15.7 Å². The SMILES string of the molecule is C#CCN=C(NCC)NC1CCC(O)CC1. The van der Waals surface area contributed by atoms with Gasteiger partial charge in [0.25, 0.3) is 0 Å². The number of aliphatic imine (C=N–C) groups is 1. The van der Waals surface area contributed by atoms with Crippen LogP contribution in [0.1, 0.15) is 32.6 Å². The molecule has 4 nitrogen and oxygen atoms in total. The third-order valence-electron chi connectivity index (χ3n) is 2.71. The molecule has 90 valence electrons. The first kappa shape index (κ1) is 12.9. The Morgan fingerprint density at radius 1 is 1.44 bits per heavy atom. The van der Waals surface area contributed by atoms with Crippen LogP contribution in [0.3, 0.4) is 0 Å². The maximum atomic E-state index is 9.41. The normalized spacial score (nSPS) is 25.9. The molecule has 0 aromatic rings. The average Bonchev–Trinajstić information content (AvgIpc) is 2.29. The predicted octanol–water partition coefficient (Wildman–Crippen LogP) is 0.478. The molecule has 1 rings (SSSR count). The molecule has 0 heterocycles. The second-order valence-corrected chi connectivity index (χ2v) is 4.05. The Kier molecular flexibility index (Phi) is 5.73. The van der Waals surface area contributed by atoms with Crippen molar-refractivity contribution in [2.75, 3.05) is 13.1 Å². The molecule has 16 heavy (non-hydrogen) atoms. The standard InChI is InChI=1S/C12H21N3O/c1-3-9-14-12(13-4-2)15-10-5-7-11(16)8-6-10/h1,10-11,16H,4-9H2,2H3,(H2,13,14,15). The minimum Gasteiger partial charge on any atom is -0.393 e. The van der Waals surface area contributed by atoms with E-state index in [1.807, 2.05) is 6.92 Å². The highest BCUT2D eigenvalue weighted by Crippen LogP contribution is 2.17. The van der Waals surface area contributed by atoms with Crippen LogP contribution in [0.2, 0.25) is 0 Å². The summed E-state index contributed by atoms with van der Waals surface area (Å²) in [6, 6.07) is 0.402. The van der Waals surface area contributed by atoms with Gasteiger partial charge >= 0.3 is 0 Å². The minimum absolute atomic E-state index is 0.122. The molecule has 0 unspecified atom stereocenters. The quantitative estimate of drug-likeness (QED) is 0.370.